The van der Waals surface area contributed by atoms with Gasteiger partial charge in [-0.3, -0.25) is 4.90 Å². The van der Waals surface area contributed by atoms with Crippen LogP contribution in [0.1, 0.15) is 26.2 Å². The van der Waals surface area contributed by atoms with E-state index in [0.29, 0.717) is 19.0 Å². The van der Waals surface area contributed by atoms with Crippen molar-refractivity contribution in [1.29, 1.82) is 0 Å². The number of nitrogens with two attached hydrogens (primary N) is 1. The Kier molecular flexibility index (Phi) is 4.02. The molecule has 2 N–H and O–H groups in total. The molecule has 1 atom stereocenters. The smallest absolute Gasteiger partial charge is 0.211 e. The van der Waals surface area contributed by atoms with Gasteiger partial charge in [-0.2, -0.15) is 0 Å². The summed E-state index contributed by atoms with van der Waals surface area (Å²) in [4.78, 5) is 2.36. The lowest BCUT2D eigenvalue weighted by molar-refractivity contribution is 0.0435. The van der Waals surface area contributed by atoms with Gasteiger partial charge in [-0.1, -0.05) is 6.92 Å². The van der Waals surface area contributed by atoms with E-state index >= 15 is 0 Å². The summed E-state index contributed by atoms with van der Waals surface area (Å²) in [6, 6.07) is 0. The first-order valence-corrected chi connectivity index (χ1v) is 8.63. The Balaban J connectivity index is 1.81. The average molecular weight is 275 g/mol. The fourth-order valence-corrected chi connectivity index (χ4v) is 3.98. The Morgan fingerprint density at radius 3 is 2.61 bits per heavy atom. The molecule has 0 aromatic rings. The van der Waals surface area contributed by atoms with Gasteiger partial charge in [0, 0.05) is 38.3 Å². The summed E-state index contributed by atoms with van der Waals surface area (Å²) in [5.74, 6) is 0.467. The lowest BCUT2D eigenvalue weighted by Gasteiger charge is -2.49. The van der Waals surface area contributed by atoms with Crippen molar-refractivity contribution in [3.63, 3.8) is 0 Å². The standard InChI is InChI=1S/C12H25N3O2S/c1-3-12(13)9-14(10-12)7-11-5-4-6-15(8-11)18(2,16)17/h11H,3-10,13H2,1-2H3. The first kappa shape index (κ1) is 14.2. The number of nitrogens with zero attached hydrogens (tertiary/aromatic N) is 2. The van der Waals surface area contributed by atoms with Gasteiger partial charge in [0.25, 0.3) is 0 Å². The van der Waals surface area contributed by atoms with Gasteiger partial charge in [0.1, 0.15) is 0 Å². The Bertz CT molecular complexity index is 390. The van der Waals surface area contributed by atoms with Crippen molar-refractivity contribution in [2.24, 2.45) is 11.7 Å². The zero-order valence-corrected chi connectivity index (χ0v) is 12.2. The van der Waals surface area contributed by atoms with E-state index < -0.39 is 10.0 Å². The maximum atomic E-state index is 11.5. The number of piperidine rings is 1. The predicted molar refractivity (Wildman–Crippen MR) is 72.8 cm³/mol. The molecule has 5 nitrogen and oxygen atoms in total. The summed E-state index contributed by atoms with van der Waals surface area (Å²) < 4.78 is 24.7. The molecule has 2 aliphatic heterocycles. The van der Waals surface area contributed by atoms with Crippen LogP contribution in [0.2, 0.25) is 0 Å². The zero-order chi connectivity index (χ0) is 13.4. The summed E-state index contributed by atoms with van der Waals surface area (Å²) in [7, 11) is -3.02. The van der Waals surface area contributed by atoms with Gasteiger partial charge in [-0.05, 0) is 25.2 Å². The molecule has 1 unspecified atom stereocenters. The molecule has 2 saturated heterocycles. The fourth-order valence-electron chi connectivity index (χ4n) is 3.04. The summed E-state index contributed by atoms with van der Waals surface area (Å²) in [5, 5.41) is 0. The molecule has 0 amide bonds. The van der Waals surface area contributed by atoms with Crippen LogP contribution in [0.4, 0.5) is 0 Å². The molecule has 2 rings (SSSR count). The van der Waals surface area contributed by atoms with Crippen molar-refractivity contribution in [3.8, 4) is 0 Å². The topological polar surface area (TPSA) is 66.6 Å². The average Bonchev–Trinajstić information content (AvgIpc) is 2.26. The number of hydrogen-bond acceptors (Lipinski definition) is 4. The Morgan fingerprint density at radius 1 is 1.39 bits per heavy atom. The van der Waals surface area contributed by atoms with E-state index in [0.717, 1.165) is 38.9 Å². The molecule has 0 aromatic heterocycles. The highest BCUT2D eigenvalue weighted by Crippen LogP contribution is 2.26. The van der Waals surface area contributed by atoms with Crippen LogP contribution in [0, 0.1) is 5.92 Å². The first-order chi connectivity index (χ1) is 8.32. The van der Waals surface area contributed by atoms with E-state index in [-0.39, 0.29) is 5.54 Å². The monoisotopic (exact) mass is 275 g/mol. The Labute approximate surface area is 110 Å². The highest BCUT2D eigenvalue weighted by Gasteiger charge is 2.39. The van der Waals surface area contributed by atoms with Crippen molar-refractivity contribution >= 4 is 10.0 Å². The lowest BCUT2D eigenvalue weighted by atomic mass is 9.86. The van der Waals surface area contributed by atoms with E-state index in [1.807, 2.05) is 0 Å². The van der Waals surface area contributed by atoms with E-state index in [9.17, 15) is 8.42 Å². The minimum absolute atomic E-state index is 0.00515. The lowest BCUT2D eigenvalue weighted by Crippen LogP contribution is -2.67. The fraction of sp³-hybridized carbons (Fsp3) is 1.00. The normalized spacial score (nSPS) is 30.1. The third kappa shape index (κ3) is 3.23. The van der Waals surface area contributed by atoms with Crippen molar-refractivity contribution in [3.05, 3.63) is 0 Å². The van der Waals surface area contributed by atoms with Crippen LogP contribution in [0.15, 0.2) is 0 Å². The maximum absolute atomic E-state index is 11.5. The molecular weight excluding hydrogens is 250 g/mol. The van der Waals surface area contributed by atoms with Crippen molar-refractivity contribution in [2.45, 2.75) is 31.7 Å². The third-order valence-corrected chi connectivity index (χ3v) is 5.52. The van der Waals surface area contributed by atoms with Gasteiger partial charge < -0.3 is 5.73 Å². The number of hydrogen-bond donors (Lipinski definition) is 1. The molecule has 18 heavy (non-hydrogen) atoms. The summed E-state index contributed by atoms with van der Waals surface area (Å²) in [6.45, 7) is 6.40. The maximum Gasteiger partial charge on any atom is 0.211 e. The second-order valence-corrected chi connectivity index (χ2v) is 8.00. The van der Waals surface area contributed by atoms with Gasteiger partial charge in [-0.15, -0.1) is 0 Å². The summed E-state index contributed by atoms with van der Waals surface area (Å²) in [6.07, 6.45) is 4.43. The molecule has 0 aromatic carbocycles. The molecule has 2 aliphatic rings. The van der Waals surface area contributed by atoms with Gasteiger partial charge in [0.2, 0.25) is 10.0 Å². The Morgan fingerprint density at radius 2 is 2.06 bits per heavy atom. The molecule has 2 heterocycles. The van der Waals surface area contributed by atoms with E-state index in [4.69, 9.17) is 5.73 Å². The van der Waals surface area contributed by atoms with Crippen LogP contribution in [0.25, 0.3) is 0 Å². The molecule has 0 bridgehead atoms. The highest BCUT2D eigenvalue weighted by atomic mass is 32.2. The molecule has 106 valence electrons. The van der Waals surface area contributed by atoms with Crippen molar-refractivity contribution < 1.29 is 8.42 Å². The summed E-state index contributed by atoms with van der Waals surface area (Å²) >= 11 is 0. The number of sulfonamides is 1. The number of likely N-dealkylation sites (tertiary alicyclic amines) is 1. The molecular formula is C12H25N3O2S. The largest absolute Gasteiger partial charge is 0.323 e. The van der Waals surface area contributed by atoms with Crippen LogP contribution in [-0.4, -0.2) is 62.1 Å². The molecule has 0 aliphatic carbocycles. The summed E-state index contributed by atoms with van der Waals surface area (Å²) in [5.41, 5.74) is 6.15. The van der Waals surface area contributed by atoms with Crippen molar-refractivity contribution in [2.75, 3.05) is 39.0 Å². The van der Waals surface area contributed by atoms with E-state index in [1.165, 1.54) is 6.26 Å². The SMILES string of the molecule is CCC1(N)CN(CC2CCCN(S(C)(=O)=O)C2)C1. The van der Waals surface area contributed by atoms with Crippen LogP contribution in [-0.2, 0) is 10.0 Å². The van der Waals surface area contributed by atoms with Gasteiger partial charge >= 0.3 is 0 Å². The van der Waals surface area contributed by atoms with E-state index in [2.05, 4.69) is 11.8 Å². The van der Waals surface area contributed by atoms with Crippen LogP contribution in [0.5, 0.6) is 0 Å². The highest BCUT2D eigenvalue weighted by molar-refractivity contribution is 7.88. The van der Waals surface area contributed by atoms with E-state index in [1.54, 1.807) is 4.31 Å². The first-order valence-electron chi connectivity index (χ1n) is 6.79. The molecule has 0 saturated carbocycles. The van der Waals surface area contributed by atoms with Gasteiger partial charge in [-0.25, -0.2) is 12.7 Å². The second kappa shape index (κ2) is 5.07. The number of rotatable bonds is 4. The van der Waals surface area contributed by atoms with Crippen LogP contribution in [0.3, 0.4) is 0 Å². The minimum atomic E-state index is -3.02. The Hall–Kier alpha value is -0.170. The van der Waals surface area contributed by atoms with Crippen LogP contribution >= 0.6 is 0 Å². The minimum Gasteiger partial charge on any atom is -0.323 e. The van der Waals surface area contributed by atoms with Crippen molar-refractivity contribution in [1.82, 2.24) is 9.21 Å². The second-order valence-electron chi connectivity index (χ2n) is 6.01. The predicted octanol–water partition coefficient (Wildman–Crippen LogP) is 0.0811. The van der Waals surface area contributed by atoms with Gasteiger partial charge in [0.15, 0.2) is 0 Å². The zero-order valence-electron chi connectivity index (χ0n) is 11.4. The van der Waals surface area contributed by atoms with Crippen LogP contribution < -0.4 is 5.73 Å². The third-order valence-electron chi connectivity index (χ3n) is 4.25. The molecule has 2 fully saturated rings. The van der Waals surface area contributed by atoms with Gasteiger partial charge in [0.05, 0.1) is 6.26 Å². The molecule has 0 radical (unpaired) electrons. The molecule has 6 heteroatoms. The quantitative estimate of drug-likeness (QED) is 0.789. The molecule has 0 spiro atoms.